The van der Waals surface area contributed by atoms with Crippen LogP contribution in [0.2, 0.25) is 0 Å². The van der Waals surface area contributed by atoms with Gasteiger partial charge in [0.1, 0.15) is 0 Å². The standard InChI is InChI=1S/C16H22N2O3/c1-11-5-3-4-6-14(11)18-15(19)12(2)21-16(20)13-7-9-17-10-8-13/h7-12,14H,3-6H2,1-2H3,(H,18,19)/t11-,12-,14+/m1/s1. The molecule has 5 heteroatoms. The first-order chi connectivity index (χ1) is 10.1. The quantitative estimate of drug-likeness (QED) is 0.864. The molecule has 1 aromatic rings. The normalized spacial score (nSPS) is 23.1. The van der Waals surface area contributed by atoms with Gasteiger partial charge in [-0.05, 0) is 37.8 Å². The maximum atomic E-state index is 12.1. The third kappa shape index (κ3) is 4.28. The number of nitrogens with zero attached hydrogens (tertiary/aromatic N) is 1. The summed E-state index contributed by atoms with van der Waals surface area (Å²) in [5.41, 5.74) is 0.399. The molecule has 1 aliphatic carbocycles. The van der Waals surface area contributed by atoms with Gasteiger partial charge in [-0.25, -0.2) is 4.79 Å². The molecule has 1 fully saturated rings. The summed E-state index contributed by atoms with van der Waals surface area (Å²) in [5, 5.41) is 3.00. The zero-order valence-electron chi connectivity index (χ0n) is 12.5. The van der Waals surface area contributed by atoms with Crippen molar-refractivity contribution in [3.8, 4) is 0 Å². The number of aromatic nitrogens is 1. The van der Waals surface area contributed by atoms with E-state index in [2.05, 4.69) is 17.2 Å². The van der Waals surface area contributed by atoms with Crippen molar-refractivity contribution in [1.29, 1.82) is 0 Å². The summed E-state index contributed by atoms with van der Waals surface area (Å²) in [6.45, 7) is 3.75. The minimum Gasteiger partial charge on any atom is -0.449 e. The fourth-order valence-electron chi connectivity index (χ4n) is 2.60. The number of carbonyl (C=O) groups excluding carboxylic acids is 2. The van der Waals surface area contributed by atoms with Crippen LogP contribution in [0.5, 0.6) is 0 Å². The molecule has 1 N–H and O–H groups in total. The van der Waals surface area contributed by atoms with E-state index >= 15 is 0 Å². The van der Waals surface area contributed by atoms with Crippen LogP contribution in [0.4, 0.5) is 0 Å². The minimum absolute atomic E-state index is 0.188. The molecule has 0 aliphatic heterocycles. The van der Waals surface area contributed by atoms with Gasteiger partial charge >= 0.3 is 5.97 Å². The summed E-state index contributed by atoms with van der Waals surface area (Å²) in [6.07, 6.45) is 6.74. The summed E-state index contributed by atoms with van der Waals surface area (Å²) >= 11 is 0. The van der Waals surface area contributed by atoms with E-state index in [1.165, 1.54) is 18.8 Å². The lowest BCUT2D eigenvalue weighted by molar-refractivity contribution is -0.130. The molecular formula is C16H22N2O3. The first kappa shape index (κ1) is 15.5. The molecule has 0 radical (unpaired) electrons. The zero-order valence-corrected chi connectivity index (χ0v) is 12.5. The molecular weight excluding hydrogens is 268 g/mol. The Labute approximate surface area is 125 Å². The van der Waals surface area contributed by atoms with Gasteiger partial charge in [-0.2, -0.15) is 0 Å². The Balaban J connectivity index is 1.86. The van der Waals surface area contributed by atoms with Gasteiger partial charge in [0, 0.05) is 18.4 Å². The number of carbonyl (C=O) groups is 2. The van der Waals surface area contributed by atoms with Crippen molar-refractivity contribution in [2.45, 2.75) is 51.7 Å². The van der Waals surface area contributed by atoms with E-state index < -0.39 is 12.1 Å². The van der Waals surface area contributed by atoms with Gasteiger partial charge in [-0.15, -0.1) is 0 Å². The number of esters is 1. The molecule has 0 bridgehead atoms. The molecule has 0 saturated heterocycles. The first-order valence-electron chi connectivity index (χ1n) is 7.49. The van der Waals surface area contributed by atoms with E-state index in [-0.39, 0.29) is 11.9 Å². The predicted octanol–water partition coefficient (Wildman–Crippen LogP) is 2.32. The average Bonchev–Trinajstić information content (AvgIpc) is 2.50. The summed E-state index contributed by atoms with van der Waals surface area (Å²) in [5.74, 6) is -0.251. The predicted molar refractivity (Wildman–Crippen MR) is 78.7 cm³/mol. The number of amides is 1. The largest absolute Gasteiger partial charge is 0.449 e. The molecule has 0 spiro atoms. The molecule has 5 nitrogen and oxygen atoms in total. The molecule has 1 heterocycles. The van der Waals surface area contributed by atoms with Crippen molar-refractivity contribution in [2.24, 2.45) is 5.92 Å². The molecule has 0 aromatic carbocycles. The van der Waals surface area contributed by atoms with E-state index in [0.29, 0.717) is 11.5 Å². The smallest absolute Gasteiger partial charge is 0.339 e. The van der Waals surface area contributed by atoms with Crippen LogP contribution in [0, 0.1) is 5.92 Å². The monoisotopic (exact) mass is 290 g/mol. The minimum atomic E-state index is -0.792. The highest BCUT2D eigenvalue weighted by atomic mass is 16.5. The van der Waals surface area contributed by atoms with Crippen molar-refractivity contribution < 1.29 is 14.3 Å². The SMILES string of the molecule is C[C@@H]1CCCC[C@@H]1NC(=O)[C@@H](C)OC(=O)c1ccncc1. The van der Waals surface area contributed by atoms with Gasteiger partial charge in [0.25, 0.3) is 5.91 Å². The van der Waals surface area contributed by atoms with Crippen molar-refractivity contribution in [1.82, 2.24) is 10.3 Å². The first-order valence-corrected chi connectivity index (χ1v) is 7.49. The van der Waals surface area contributed by atoms with E-state index in [1.54, 1.807) is 19.1 Å². The highest BCUT2D eigenvalue weighted by molar-refractivity contribution is 5.92. The van der Waals surface area contributed by atoms with Crippen molar-refractivity contribution >= 4 is 11.9 Å². The Bertz CT molecular complexity index is 490. The second-order valence-corrected chi connectivity index (χ2v) is 5.66. The lowest BCUT2D eigenvalue weighted by atomic mass is 9.86. The number of ether oxygens (including phenoxy) is 1. The molecule has 2 rings (SSSR count). The van der Waals surface area contributed by atoms with Crippen LogP contribution in [0.25, 0.3) is 0 Å². The molecule has 3 atom stereocenters. The Hall–Kier alpha value is -1.91. The van der Waals surface area contributed by atoms with Crippen LogP contribution >= 0.6 is 0 Å². The second-order valence-electron chi connectivity index (χ2n) is 5.66. The molecule has 114 valence electrons. The summed E-state index contributed by atoms with van der Waals surface area (Å²) < 4.78 is 5.20. The lowest BCUT2D eigenvalue weighted by Gasteiger charge is -2.30. The fraction of sp³-hybridized carbons (Fsp3) is 0.562. The van der Waals surface area contributed by atoms with Gasteiger partial charge in [0.15, 0.2) is 6.10 Å². The van der Waals surface area contributed by atoms with Crippen LogP contribution in [0.1, 0.15) is 49.9 Å². The average molecular weight is 290 g/mol. The fourth-order valence-corrected chi connectivity index (χ4v) is 2.60. The molecule has 21 heavy (non-hydrogen) atoms. The van der Waals surface area contributed by atoms with E-state index in [0.717, 1.165) is 19.3 Å². The maximum absolute atomic E-state index is 12.1. The third-order valence-corrected chi connectivity index (χ3v) is 4.01. The topological polar surface area (TPSA) is 68.3 Å². The number of rotatable bonds is 4. The van der Waals surface area contributed by atoms with E-state index in [9.17, 15) is 9.59 Å². The van der Waals surface area contributed by atoms with Gasteiger partial charge in [0.05, 0.1) is 5.56 Å². The summed E-state index contributed by atoms with van der Waals surface area (Å²) in [4.78, 5) is 27.8. The molecule has 1 amide bonds. The summed E-state index contributed by atoms with van der Waals surface area (Å²) in [7, 11) is 0. The zero-order chi connectivity index (χ0) is 15.2. The number of nitrogens with one attached hydrogen (secondary N) is 1. The lowest BCUT2D eigenvalue weighted by Crippen LogP contribution is -2.45. The van der Waals surface area contributed by atoms with E-state index in [1.807, 2.05) is 0 Å². The van der Waals surface area contributed by atoms with Crippen molar-refractivity contribution in [2.75, 3.05) is 0 Å². The summed E-state index contributed by atoms with van der Waals surface area (Å²) in [6, 6.07) is 3.32. The van der Waals surface area contributed by atoms with Crippen LogP contribution in [0.3, 0.4) is 0 Å². The second kappa shape index (κ2) is 7.20. The molecule has 1 saturated carbocycles. The highest BCUT2D eigenvalue weighted by Crippen LogP contribution is 2.23. The van der Waals surface area contributed by atoms with Crippen molar-refractivity contribution in [3.63, 3.8) is 0 Å². The Morgan fingerprint density at radius 2 is 1.95 bits per heavy atom. The molecule has 1 aromatic heterocycles. The maximum Gasteiger partial charge on any atom is 0.339 e. The van der Waals surface area contributed by atoms with E-state index in [4.69, 9.17) is 4.74 Å². The third-order valence-electron chi connectivity index (χ3n) is 4.01. The molecule has 0 unspecified atom stereocenters. The van der Waals surface area contributed by atoms with Gasteiger partial charge in [0.2, 0.25) is 0 Å². The number of hydrogen-bond donors (Lipinski definition) is 1. The Morgan fingerprint density at radius 1 is 1.29 bits per heavy atom. The Kier molecular flexibility index (Phi) is 5.31. The van der Waals surface area contributed by atoms with Crippen LogP contribution in [-0.2, 0) is 9.53 Å². The van der Waals surface area contributed by atoms with Crippen LogP contribution < -0.4 is 5.32 Å². The van der Waals surface area contributed by atoms with Crippen molar-refractivity contribution in [3.05, 3.63) is 30.1 Å². The Morgan fingerprint density at radius 3 is 2.62 bits per heavy atom. The van der Waals surface area contributed by atoms with Gasteiger partial charge in [-0.3, -0.25) is 9.78 Å². The van der Waals surface area contributed by atoms with Crippen LogP contribution in [-0.4, -0.2) is 29.0 Å². The number of hydrogen-bond acceptors (Lipinski definition) is 4. The van der Waals surface area contributed by atoms with Gasteiger partial charge in [-0.1, -0.05) is 19.8 Å². The van der Waals surface area contributed by atoms with Crippen LogP contribution in [0.15, 0.2) is 24.5 Å². The number of pyridine rings is 1. The van der Waals surface area contributed by atoms with Gasteiger partial charge < -0.3 is 10.1 Å². The molecule has 1 aliphatic rings. The highest BCUT2D eigenvalue weighted by Gasteiger charge is 2.26.